The van der Waals surface area contributed by atoms with Gasteiger partial charge < -0.3 is 9.84 Å². The summed E-state index contributed by atoms with van der Waals surface area (Å²) in [4.78, 5) is 10.1. The third-order valence-electron chi connectivity index (χ3n) is 5.19. The second-order valence-corrected chi connectivity index (χ2v) is 9.06. The van der Waals surface area contributed by atoms with Gasteiger partial charge in [0.2, 0.25) is 0 Å². The molecule has 7 nitrogen and oxygen atoms in total. The van der Waals surface area contributed by atoms with Crippen molar-refractivity contribution in [2.24, 2.45) is 0 Å². The van der Waals surface area contributed by atoms with Gasteiger partial charge in [-0.15, -0.1) is 24.5 Å². The SMILES string of the molecule is CN(Cc1nc(-c2ccc(OC(F)(F)F)cc2)cs1)CC(O)(Cn1cncn1)c1ccc(F)cc1F. The number of hydrogen-bond acceptors (Lipinski definition) is 7. The third-order valence-corrected chi connectivity index (χ3v) is 6.03. The Balaban J connectivity index is 1.48. The topological polar surface area (TPSA) is 76.3 Å². The van der Waals surface area contributed by atoms with Crippen molar-refractivity contribution < 1.29 is 31.8 Å². The lowest BCUT2D eigenvalue weighted by molar-refractivity contribution is -0.274. The zero-order chi connectivity index (χ0) is 25.9. The van der Waals surface area contributed by atoms with Crippen molar-refractivity contribution >= 4 is 11.3 Å². The smallest absolute Gasteiger partial charge is 0.406 e. The summed E-state index contributed by atoms with van der Waals surface area (Å²) in [5, 5.41) is 17.9. The fourth-order valence-corrected chi connectivity index (χ4v) is 4.63. The highest BCUT2D eigenvalue weighted by Gasteiger charge is 2.35. The van der Waals surface area contributed by atoms with Gasteiger partial charge in [0.15, 0.2) is 0 Å². The third kappa shape index (κ3) is 6.42. The number of benzene rings is 2. The van der Waals surface area contributed by atoms with E-state index >= 15 is 0 Å². The van der Waals surface area contributed by atoms with Crippen molar-refractivity contribution in [2.45, 2.75) is 25.1 Å². The minimum atomic E-state index is -4.77. The molecular weight excluding hydrogens is 505 g/mol. The summed E-state index contributed by atoms with van der Waals surface area (Å²) >= 11 is 1.32. The van der Waals surface area contributed by atoms with Crippen LogP contribution in [0.2, 0.25) is 0 Å². The predicted octanol–water partition coefficient (Wildman–Crippen LogP) is 4.60. The lowest BCUT2D eigenvalue weighted by Gasteiger charge is -2.32. The average Bonchev–Trinajstić information content (AvgIpc) is 3.45. The number of likely N-dealkylation sites (N-methyl/N-ethyl adjacent to an activating group) is 1. The van der Waals surface area contributed by atoms with Crippen molar-refractivity contribution in [3.63, 3.8) is 0 Å². The molecule has 0 amide bonds. The van der Waals surface area contributed by atoms with Crippen molar-refractivity contribution in [3.05, 3.63) is 82.7 Å². The number of rotatable bonds is 9. The molecule has 0 fully saturated rings. The summed E-state index contributed by atoms with van der Waals surface area (Å²) in [6.07, 6.45) is -2.11. The lowest BCUT2D eigenvalue weighted by atomic mass is 9.92. The Morgan fingerprint density at radius 1 is 1.11 bits per heavy atom. The molecule has 190 valence electrons. The van der Waals surface area contributed by atoms with Crippen molar-refractivity contribution in [3.8, 4) is 17.0 Å². The van der Waals surface area contributed by atoms with Crippen molar-refractivity contribution in [2.75, 3.05) is 13.6 Å². The summed E-state index contributed by atoms with van der Waals surface area (Å²) in [6.45, 7) is 0.103. The normalized spacial score (nSPS) is 13.7. The van der Waals surface area contributed by atoms with Crippen LogP contribution in [-0.4, -0.2) is 49.7 Å². The second kappa shape index (κ2) is 10.3. The van der Waals surface area contributed by atoms with E-state index in [9.17, 15) is 27.1 Å². The number of aliphatic hydroxyl groups is 1. The molecule has 0 bridgehead atoms. The van der Waals surface area contributed by atoms with Crippen LogP contribution in [0.15, 0.2) is 60.5 Å². The highest BCUT2D eigenvalue weighted by molar-refractivity contribution is 7.09. The molecule has 0 saturated heterocycles. The Hall–Kier alpha value is -3.42. The van der Waals surface area contributed by atoms with Crippen LogP contribution < -0.4 is 4.74 Å². The van der Waals surface area contributed by atoms with Gasteiger partial charge in [0.1, 0.15) is 40.6 Å². The molecule has 0 radical (unpaired) electrons. The second-order valence-electron chi connectivity index (χ2n) is 8.12. The van der Waals surface area contributed by atoms with Gasteiger partial charge in [-0.2, -0.15) is 5.10 Å². The molecule has 13 heteroatoms. The molecule has 4 aromatic rings. The van der Waals surface area contributed by atoms with Crippen LogP contribution in [0.4, 0.5) is 22.0 Å². The number of hydrogen-bond donors (Lipinski definition) is 1. The van der Waals surface area contributed by atoms with E-state index in [-0.39, 0.29) is 30.9 Å². The zero-order valence-electron chi connectivity index (χ0n) is 18.8. The van der Waals surface area contributed by atoms with E-state index in [1.165, 1.54) is 59.0 Å². The summed E-state index contributed by atoms with van der Waals surface area (Å²) in [5.41, 5.74) is -0.698. The first-order valence-corrected chi connectivity index (χ1v) is 11.4. The highest BCUT2D eigenvalue weighted by Crippen LogP contribution is 2.30. The molecule has 2 aromatic carbocycles. The molecule has 36 heavy (non-hydrogen) atoms. The molecule has 2 heterocycles. The van der Waals surface area contributed by atoms with E-state index in [4.69, 9.17) is 0 Å². The van der Waals surface area contributed by atoms with E-state index in [2.05, 4.69) is 19.8 Å². The Morgan fingerprint density at radius 2 is 1.86 bits per heavy atom. The van der Waals surface area contributed by atoms with Crippen LogP contribution in [0.25, 0.3) is 11.3 Å². The molecule has 0 saturated carbocycles. The number of nitrogens with zero attached hydrogens (tertiary/aromatic N) is 5. The van der Waals surface area contributed by atoms with Gasteiger partial charge in [0.25, 0.3) is 0 Å². The van der Waals surface area contributed by atoms with Crippen LogP contribution in [0.5, 0.6) is 5.75 Å². The maximum absolute atomic E-state index is 14.6. The number of halogens is 5. The highest BCUT2D eigenvalue weighted by atomic mass is 32.1. The monoisotopic (exact) mass is 525 g/mol. The minimum absolute atomic E-state index is 0.0478. The molecule has 0 aliphatic rings. The maximum atomic E-state index is 14.6. The first kappa shape index (κ1) is 25.7. The first-order valence-electron chi connectivity index (χ1n) is 10.5. The molecule has 1 atom stereocenters. The number of alkyl halides is 3. The van der Waals surface area contributed by atoms with Gasteiger partial charge in [-0.25, -0.2) is 23.4 Å². The largest absolute Gasteiger partial charge is 0.573 e. The lowest BCUT2D eigenvalue weighted by Crippen LogP contribution is -2.43. The van der Waals surface area contributed by atoms with Crippen LogP contribution in [0, 0.1) is 11.6 Å². The molecular formula is C23H20F5N5O2S. The van der Waals surface area contributed by atoms with Gasteiger partial charge in [-0.05, 0) is 37.4 Å². The van der Waals surface area contributed by atoms with Gasteiger partial charge in [0.05, 0.1) is 18.8 Å². The fraction of sp³-hybridized carbons (Fsp3) is 0.261. The number of aromatic nitrogens is 4. The van der Waals surface area contributed by atoms with Gasteiger partial charge in [-0.1, -0.05) is 6.07 Å². The summed E-state index contributed by atoms with van der Waals surface area (Å²) in [6, 6.07) is 8.33. The zero-order valence-corrected chi connectivity index (χ0v) is 19.6. The quantitative estimate of drug-likeness (QED) is 0.322. The van der Waals surface area contributed by atoms with Gasteiger partial charge in [-0.3, -0.25) is 4.90 Å². The summed E-state index contributed by atoms with van der Waals surface area (Å²) < 4.78 is 70.4. The molecule has 0 spiro atoms. The van der Waals surface area contributed by atoms with E-state index in [1.807, 2.05) is 0 Å². The molecule has 2 aromatic heterocycles. The molecule has 4 rings (SSSR count). The number of thiazole rings is 1. The molecule has 1 N–H and O–H groups in total. The van der Waals surface area contributed by atoms with E-state index < -0.39 is 23.6 Å². The average molecular weight is 526 g/mol. The number of ether oxygens (including phenoxy) is 1. The Bertz CT molecular complexity index is 1300. The summed E-state index contributed by atoms with van der Waals surface area (Å²) in [7, 11) is 1.71. The van der Waals surface area contributed by atoms with Crippen LogP contribution >= 0.6 is 11.3 Å². The molecule has 0 aliphatic carbocycles. The van der Waals surface area contributed by atoms with Crippen LogP contribution in [0.3, 0.4) is 0 Å². The van der Waals surface area contributed by atoms with Crippen LogP contribution in [0.1, 0.15) is 10.6 Å². The summed E-state index contributed by atoms with van der Waals surface area (Å²) in [5.74, 6) is -1.98. The first-order chi connectivity index (χ1) is 17.0. The van der Waals surface area contributed by atoms with Gasteiger partial charge in [0, 0.05) is 29.1 Å². The minimum Gasteiger partial charge on any atom is -0.406 e. The maximum Gasteiger partial charge on any atom is 0.573 e. The molecule has 1 unspecified atom stereocenters. The Morgan fingerprint density at radius 3 is 2.50 bits per heavy atom. The van der Waals surface area contributed by atoms with Crippen molar-refractivity contribution in [1.82, 2.24) is 24.6 Å². The van der Waals surface area contributed by atoms with Crippen molar-refractivity contribution in [1.29, 1.82) is 0 Å². The molecule has 0 aliphatic heterocycles. The van der Waals surface area contributed by atoms with E-state index in [1.54, 1.807) is 17.3 Å². The Labute approximate surface area is 206 Å². The van der Waals surface area contributed by atoms with E-state index in [0.29, 0.717) is 22.3 Å². The Kier molecular flexibility index (Phi) is 7.33. The van der Waals surface area contributed by atoms with E-state index in [0.717, 1.165) is 6.07 Å². The van der Waals surface area contributed by atoms with Gasteiger partial charge >= 0.3 is 6.36 Å². The predicted molar refractivity (Wildman–Crippen MR) is 121 cm³/mol. The standard InChI is InChI=1S/C23H20F5N5O2S/c1-32(9-21-31-20(10-36-21)15-2-5-17(6-3-15)35-23(26,27)28)11-22(34,12-33-14-29-13-30-33)18-7-4-16(24)8-19(18)25/h2-8,10,13-14,34H,9,11-12H2,1H3. The fourth-order valence-electron chi connectivity index (χ4n) is 3.75. The van der Waals surface area contributed by atoms with Crippen LogP contribution in [-0.2, 0) is 18.7 Å².